The van der Waals surface area contributed by atoms with Gasteiger partial charge in [0.2, 0.25) is 17.6 Å². The van der Waals surface area contributed by atoms with Gasteiger partial charge in [-0.2, -0.15) is 4.98 Å². The number of nitrogens with one attached hydrogen (secondary N) is 1. The monoisotopic (exact) mass is 351 g/mol. The van der Waals surface area contributed by atoms with Gasteiger partial charge in [-0.1, -0.05) is 41.6 Å². The molecular formula is C19H17N3O4. The molecule has 0 unspecified atom stereocenters. The normalized spacial score (nSPS) is 10.4. The number of aromatic nitrogens is 2. The molecule has 0 aliphatic carbocycles. The molecule has 3 rings (SSSR count). The minimum absolute atomic E-state index is 0.103. The van der Waals surface area contributed by atoms with Gasteiger partial charge in [0, 0.05) is 5.56 Å². The summed E-state index contributed by atoms with van der Waals surface area (Å²) in [4.78, 5) is 28.3. The molecule has 0 saturated heterocycles. The van der Waals surface area contributed by atoms with Gasteiger partial charge < -0.3 is 14.6 Å². The van der Waals surface area contributed by atoms with Crippen LogP contribution in [0, 0.1) is 6.92 Å². The average molecular weight is 351 g/mol. The highest BCUT2D eigenvalue weighted by Crippen LogP contribution is 2.20. The summed E-state index contributed by atoms with van der Waals surface area (Å²) >= 11 is 0. The molecule has 7 nitrogen and oxygen atoms in total. The summed E-state index contributed by atoms with van der Waals surface area (Å²) in [5.41, 5.74) is 2.49. The predicted molar refractivity (Wildman–Crippen MR) is 94.6 cm³/mol. The number of ether oxygens (including phenoxy) is 1. The highest BCUT2D eigenvalue weighted by molar-refractivity contribution is 6.01. The lowest BCUT2D eigenvalue weighted by Gasteiger charge is -2.08. The molecule has 0 saturated carbocycles. The highest BCUT2D eigenvalue weighted by Gasteiger charge is 2.16. The average Bonchev–Trinajstić information content (AvgIpc) is 3.10. The number of methoxy groups -OCH3 is 1. The second-order valence-corrected chi connectivity index (χ2v) is 5.59. The van der Waals surface area contributed by atoms with Crippen LogP contribution in [0.15, 0.2) is 53.1 Å². The van der Waals surface area contributed by atoms with Gasteiger partial charge in [-0.3, -0.25) is 4.79 Å². The first-order valence-electron chi connectivity index (χ1n) is 7.94. The van der Waals surface area contributed by atoms with Crippen LogP contribution < -0.4 is 5.32 Å². The Labute approximate surface area is 150 Å². The number of aryl methyl sites for hydroxylation is 1. The zero-order chi connectivity index (χ0) is 18.5. The Balaban J connectivity index is 1.72. The third kappa shape index (κ3) is 3.77. The molecular weight excluding hydrogens is 334 g/mol. The van der Waals surface area contributed by atoms with Crippen LogP contribution >= 0.6 is 0 Å². The number of amides is 1. The van der Waals surface area contributed by atoms with E-state index in [-0.39, 0.29) is 23.8 Å². The van der Waals surface area contributed by atoms with Crippen LogP contribution in [0.4, 0.5) is 5.69 Å². The van der Waals surface area contributed by atoms with Gasteiger partial charge in [-0.05, 0) is 24.6 Å². The minimum atomic E-state index is -0.527. The van der Waals surface area contributed by atoms with Crippen molar-refractivity contribution in [1.82, 2.24) is 10.1 Å². The van der Waals surface area contributed by atoms with Crippen LogP contribution in [0.1, 0.15) is 21.8 Å². The second kappa shape index (κ2) is 7.60. The number of hydrogen-bond donors (Lipinski definition) is 1. The number of nitrogens with zero attached hydrogens (tertiary/aromatic N) is 2. The van der Waals surface area contributed by atoms with Crippen LogP contribution in [0.2, 0.25) is 0 Å². The molecule has 2 aromatic carbocycles. The van der Waals surface area contributed by atoms with E-state index in [4.69, 9.17) is 9.26 Å². The number of anilines is 1. The minimum Gasteiger partial charge on any atom is -0.465 e. The summed E-state index contributed by atoms with van der Waals surface area (Å²) in [5, 5.41) is 6.59. The molecule has 1 amide bonds. The zero-order valence-electron chi connectivity index (χ0n) is 14.4. The standard InChI is InChI=1S/C19H17N3O4/c1-12-7-3-4-8-13(12)18-21-17(26-22-18)11-16(23)20-15-10-6-5-9-14(15)19(24)25-2/h3-10H,11H2,1-2H3,(H,20,23). The van der Waals surface area contributed by atoms with Crippen molar-refractivity contribution in [1.29, 1.82) is 0 Å². The number of benzene rings is 2. The van der Waals surface area contributed by atoms with Crippen molar-refractivity contribution in [3.05, 3.63) is 65.5 Å². The Kier molecular flexibility index (Phi) is 5.07. The van der Waals surface area contributed by atoms with E-state index in [9.17, 15) is 9.59 Å². The van der Waals surface area contributed by atoms with E-state index in [2.05, 4.69) is 15.5 Å². The van der Waals surface area contributed by atoms with Crippen LogP contribution in [0.25, 0.3) is 11.4 Å². The van der Waals surface area contributed by atoms with E-state index in [0.29, 0.717) is 11.5 Å². The lowest BCUT2D eigenvalue weighted by Crippen LogP contribution is -2.17. The van der Waals surface area contributed by atoms with Crippen LogP contribution in [-0.2, 0) is 16.0 Å². The molecule has 0 fully saturated rings. The lowest BCUT2D eigenvalue weighted by atomic mass is 10.1. The number of para-hydroxylation sites is 1. The van der Waals surface area contributed by atoms with Crippen molar-refractivity contribution < 1.29 is 18.8 Å². The van der Waals surface area contributed by atoms with Crippen molar-refractivity contribution in [2.75, 3.05) is 12.4 Å². The fourth-order valence-electron chi connectivity index (χ4n) is 2.47. The van der Waals surface area contributed by atoms with Gasteiger partial charge in [-0.25, -0.2) is 4.79 Å². The maximum atomic E-state index is 12.3. The molecule has 0 atom stereocenters. The molecule has 0 aliphatic rings. The van der Waals surface area contributed by atoms with Gasteiger partial charge in [0.05, 0.1) is 18.4 Å². The molecule has 26 heavy (non-hydrogen) atoms. The first-order chi connectivity index (χ1) is 12.6. The van der Waals surface area contributed by atoms with Crippen molar-refractivity contribution in [3.63, 3.8) is 0 Å². The number of carbonyl (C=O) groups excluding carboxylic acids is 2. The SMILES string of the molecule is COC(=O)c1ccccc1NC(=O)Cc1nc(-c2ccccc2C)no1. The fourth-order valence-corrected chi connectivity index (χ4v) is 2.47. The fraction of sp³-hybridized carbons (Fsp3) is 0.158. The van der Waals surface area contributed by atoms with Crippen molar-refractivity contribution >= 4 is 17.6 Å². The number of carbonyl (C=O) groups is 2. The quantitative estimate of drug-likeness (QED) is 0.710. The molecule has 1 heterocycles. The topological polar surface area (TPSA) is 94.3 Å². The summed E-state index contributed by atoms with van der Waals surface area (Å²) in [6.07, 6.45) is -0.103. The van der Waals surface area contributed by atoms with Crippen LogP contribution in [-0.4, -0.2) is 29.1 Å². The predicted octanol–water partition coefficient (Wildman–Crippen LogP) is 3.01. The molecule has 0 bridgehead atoms. The number of rotatable bonds is 5. The highest BCUT2D eigenvalue weighted by atomic mass is 16.5. The smallest absolute Gasteiger partial charge is 0.339 e. The molecule has 1 aromatic heterocycles. The zero-order valence-corrected chi connectivity index (χ0v) is 14.4. The van der Waals surface area contributed by atoms with E-state index >= 15 is 0 Å². The maximum absolute atomic E-state index is 12.3. The molecule has 0 radical (unpaired) electrons. The summed E-state index contributed by atoms with van der Waals surface area (Å²) in [6.45, 7) is 1.95. The van der Waals surface area contributed by atoms with E-state index in [0.717, 1.165) is 11.1 Å². The van der Waals surface area contributed by atoms with Gasteiger partial charge in [0.15, 0.2) is 0 Å². The summed E-state index contributed by atoms with van der Waals surface area (Å²) in [5.74, 6) is -0.279. The van der Waals surface area contributed by atoms with E-state index in [1.165, 1.54) is 7.11 Å². The van der Waals surface area contributed by atoms with Crippen molar-refractivity contribution in [2.24, 2.45) is 0 Å². The Bertz CT molecular complexity index is 949. The molecule has 132 valence electrons. The summed E-state index contributed by atoms with van der Waals surface area (Å²) < 4.78 is 9.88. The Morgan fingerprint density at radius 2 is 1.85 bits per heavy atom. The Morgan fingerprint density at radius 3 is 2.62 bits per heavy atom. The molecule has 0 spiro atoms. The maximum Gasteiger partial charge on any atom is 0.339 e. The second-order valence-electron chi connectivity index (χ2n) is 5.59. The summed E-state index contributed by atoms with van der Waals surface area (Å²) in [6, 6.07) is 14.2. The Morgan fingerprint density at radius 1 is 1.12 bits per heavy atom. The molecule has 7 heteroatoms. The van der Waals surface area contributed by atoms with Gasteiger partial charge in [0.1, 0.15) is 6.42 Å². The van der Waals surface area contributed by atoms with Gasteiger partial charge in [-0.15, -0.1) is 0 Å². The number of hydrogen-bond acceptors (Lipinski definition) is 6. The van der Waals surface area contributed by atoms with Crippen LogP contribution in [0.3, 0.4) is 0 Å². The Hall–Kier alpha value is -3.48. The third-order valence-corrected chi connectivity index (χ3v) is 3.77. The first-order valence-corrected chi connectivity index (χ1v) is 7.94. The van der Waals surface area contributed by atoms with E-state index in [1.54, 1.807) is 24.3 Å². The van der Waals surface area contributed by atoms with E-state index < -0.39 is 5.97 Å². The van der Waals surface area contributed by atoms with Gasteiger partial charge in [0.25, 0.3) is 0 Å². The van der Waals surface area contributed by atoms with Crippen molar-refractivity contribution in [3.8, 4) is 11.4 Å². The van der Waals surface area contributed by atoms with Crippen LogP contribution in [0.5, 0.6) is 0 Å². The lowest BCUT2D eigenvalue weighted by molar-refractivity contribution is -0.115. The summed E-state index contributed by atoms with van der Waals surface area (Å²) in [7, 11) is 1.28. The third-order valence-electron chi connectivity index (χ3n) is 3.77. The van der Waals surface area contributed by atoms with Gasteiger partial charge >= 0.3 is 5.97 Å². The molecule has 0 aliphatic heterocycles. The number of esters is 1. The first kappa shape index (κ1) is 17.3. The van der Waals surface area contributed by atoms with E-state index in [1.807, 2.05) is 31.2 Å². The van der Waals surface area contributed by atoms with Crippen molar-refractivity contribution in [2.45, 2.75) is 13.3 Å². The molecule has 3 aromatic rings. The largest absolute Gasteiger partial charge is 0.465 e. The molecule has 1 N–H and O–H groups in total.